The molecule has 1 aromatic rings. The highest BCUT2D eigenvalue weighted by Crippen LogP contribution is 2.45. The predicted molar refractivity (Wildman–Crippen MR) is 117 cm³/mol. The molecule has 0 aliphatic heterocycles. The molecular formula is C20H35ClNO7P. The number of benzene rings is 1. The predicted octanol–water partition coefficient (Wildman–Crippen LogP) is 4.82. The standard InChI is InChI=1S/C20H35ClNO7P/c1-7-26-13-16(4)14-28-30(23,29-15(2)3)22-10-11-27-17-8-9-18(19(21)12-17)20(24-5)25-6/h8-9,12,15-16,20H,7,10-11,13-14H2,1-6H3,(H,22,23). The Kier molecular flexibility index (Phi) is 13.1. The van der Waals surface area contributed by atoms with E-state index >= 15 is 0 Å². The van der Waals surface area contributed by atoms with Crippen LogP contribution in [0.1, 0.15) is 39.5 Å². The Morgan fingerprint density at radius 2 is 1.83 bits per heavy atom. The molecule has 0 fully saturated rings. The van der Waals surface area contributed by atoms with E-state index in [1.807, 2.05) is 13.8 Å². The van der Waals surface area contributed by atoms with Crippen molar-refractivity contribution >= 4 is 19.3 Å². The van der Waals surface area contributed by atoms with E-state index in [9.17, 15) is 4.57 Å². The lowest BCUT2D eigenvalue weighted by Gasteiger charge is -2.23. The molecule has 0 spiro atoms. The molecule has 0 radical (unpaired) electrons. The maximum atomic E-state index is 13.0. The van der Waals surface area contributed by atoms with Crippen molar-refractivity contribution < 1.29 is 32.6 Å². The van der Waals surface area contributed by atoms with Gasteiger partial charge in [0.2, 0.25) is 0 Å². The van der Waals surface area contributed by atoms with Crippen LogP contribution in [-0.2, 0) is 27.8 Å². The minimum atomic E-state index is -3.47. The van der Waals surface area contributed by atoms with Crippen molar-refractivity contribution in [2.24, 2.45) is 5.92 Å². The largest absolute Gasteiger partial charge is 0.492 e. The zero-order chi connectivity index (χ0) is 22.6. The molecule has 1 aromatic carbocycles. The van der Waals surface area contributed by atoms with Crippen LogP contribution in [0.25, 0.3) is 0 Å². The van der Waals surface area contributed by atoms with E-state index in [0.29, 0.717) is 29.5 Å². The van der Waals surface area contributed by atoms with Gasteiger partial charge in [0.25, 0.3) is 0 Å². The Labute approximate surface area is 185 Å². The SMILES string of the molecule is CCOCC(C)COP(=O)(NCCOc1ccc(C(OC)OC)c(Cl)c1)OC(C)C. The lowest BCUT2D eigenvalue weighted by atomic mass is 10.2. The van der Waals surface area contributed by atoms with Gasteiger partial charge in [-0.15, -0.1) is 0 Å². The van der Waals surface area contributed by atoms with Crippen molar-refractivity contribution in [3.8, 4) is 5.75 Å². The summed E-state index contributed by atoms with van der Waals surface area (Å²) in [6, 6.07) is 5.22. The van der Waals surface area contributed by atoms with Gasteiger partial charge in [-0.2, -0.15) is 0 Å². The minimum Gasteiger partial charge on any atom is -0.492 e. The summed E-state index contributed by atoms with van der Waals surface area (Å²) in [6.07, 6.45) is -0.804. The van der Waals surface area contributed by atoms with Crippen LogP contribution in [0.4, 0.5) is 0 Å². The molecule has 8 nitrogen and oxygen atoms in total. The summed E-state index contributed by atoms with van der Waals surface area (Å²) in [6.45, 7) is 9.42. The lowest BCUT2D eigenvalue weighted by molar-refractivity contribution is -0.105. The summed E-state index contributed by atoms with van der Waals surface area (Å²) in [5, 5.41) is 3.31. The molecule has 0 aromatic heterocycles. The topological polar surface area (TPSA) is 84.5 Å². The first-order chi connectivity index (χ1) is 14.2. The minimum absolute atomic E-state index is 0.0933. The third kappa shape index (κ3) is 10.1. The Bertz CT molecular complexity index is 658. The molecule has 2 unspecified atom stereocenters. The lowest BCUT2D eigenvalue weighted by Crippen LogP contribution is -2.24. The van der Waals surface area contributed by atoms with Crippen molar-refractivity contribution in [2.75, 3.05) is 47.2 Å². The summed E-state index contributed by atoms with van der Waals surface area (Å²) >= 11 is 6.28. The van der Waals surface area contributed by atoms with Gasteiger partial charge in [-0.25, -0.2) is 9.65 Å². The van der Waals surface area contributed by atoms with Crippen molar-refractivity contribution in [1.29, 1.82) is 0 Å². The van der Waals surface area contributed by atoms with Crippen LogP contribution in [-0.4, -0.2) is 53.3 Å². The van der Waals surface area contributed by atoms with Gasteiger partial charge < -0.3 is 18.9 Å². The van der Waals surface area contributed by atoms with Crippen molar-refractivity contribution in [1.82, 2.24) is 5.09 Å². The fourth-order valence-electron chi connectivity index (χ4n) is 2.47. The first-order valence-corrected chi connectivity index (χ1v) is 11.9. The smallest absolute Gasteiger partial charge is 0.405 e. The van der Waals surface area contributed by atoms with Crippen LogP contribution in [0, 0.1) is 5.92 Å². The van der Waals surface area contributed by atoms with Gasteiger partial charge in [0.05, 0.1) is 24.3 Å². The van der Waals surface area contributed by atoms with Crippen molar-refractivity contribution in [2.45, 2.75) is 40.1 Å². The average molecular weight is 468 g/mol. The molecule has 0 saturated carbocycles. The number of ether oxygens (including phenoxy) is 4. The maximum absolute atomic E-state index is 13.0. The van der Waals surface area contributed by atoms with Crippen LogP contribution in [0.2, 0.25) is 5.02 Å². The van der Waals surface area contributed by atoms with Gasteiger partial charge in [0, 0.05) is 38.9 Å². The zero-order valence-electron chi connectivity index (χ0n) is 18.7. The number of nitrogens with one attached hydrogen (secondary N) is 1. The summed E-state index contributed by atoms with van der Waals surface area (Å²) in [5.74, 6) is 0.665. The van der Waals surface area contributed by atoms with Gasteiger partial charge in [0.1, 0.15) is 12.4 Å². The van der Waals surface area contributed by atoms with E-state index < -0.39 is 14.0 Å². The highest BCUT2D eigenvalue weighted by Gasteiger charge is 2.26. The molecule has 30 heavy (non-hydrogen) atoms. The van der Waals surface area contributed by atoms with Crippen LogP contribution in [0.3, 0.4) is 0 Å². The van der Waals surface area contributed by atoms with E-state index in [1.165, 1.54) is 14.2 Å². The summed E-state index contributed by atoms with van der Waals surface area (Å²) in [5.41, 5.74) is 0.705. The second kappa shape index (κ2) is 14.4. The Balaban J connectivity index is 2.56. The maximum Gasteiger partial charge on any atom is 0.405 e. The van der Waals surface area contributed by atoms with Crippen LogP contribution in [0.15, 0.2) is 18.2 Å². The molecule has 0 aliphatic rings. The molecule has 1 rings (SSSR count). The third-order valence-corrected chi connectivity index (χ3v) is 5.94. The zero-order valence-corrected chi connectivity index (χ0v) is 20.3. The fourth-order valence-corrected chi connectivity index (χ4v) is 4.33. The summed E-state index contributed by atoms with van der Waals surface area (Å²) in [7, 11) is -0.387. The molecule has 0 amide bonds. The molecule has 0 bridgehead atoms. The van der Waals surface area contributed by atoms with E-state index in [1.54, 1.807) is 32.0 Å². The Morgan fingerprint density at radius 1 is 1.13 bits per heavy atom. The second-order valence-electron chi connectivity index (χ2n) is 6.96. The van der Waals surface area contributed by atoms with E-state index in [4.69, 9.17) is 39.6 Å². The summed E-state index contributed by atoms with van der Waals surface area (Å²) in [4.78, 5) is 0. The highest BCUT2D eigenvalue weighted by atomic mass is 35.5. The van der Waals surface area contributed by atoms with Crippen LogP contribution < -0.4 is 9.82 Å². The molecule has 0 saturated heterocycles. The van der Waals surface area contributed by atoms with E-state index in [0.717, 1.165) is 0 Å². The van der Waals surface area contributed by atoms with E-state index in [2.05, 4.69) is 5.09 Å². The second-order valence-corrected chi connectivity index (χ2v) is 9.14. The monoisotopic (exact) mass is 467 g/mol. The Morgan fingerprint density at radius 3 is 2.40 bits per heavy atom. The molecular weight excluding hydrogens is 433 g/mol. The molecule has 174 valence electrons. The van der Waals surface area contributed by atoms with E-state index in [-0.39, 0.29) is 31.8 Å². The Hall–Kier alpha value is -0.700. The van der Waals surface area contributed by atoms with Gasteiger partial charge in [0.15, 0.2) is 6.29 Å². The number of halogens is 1. The van der Waals surface area contributed by atoms with Crippen molar-refractivity contribution in [3.05, 3.63) is 28.8 Å². The quantitative estimate of drug-likeness (QED) is 0.210. The number of hydrogen-bond donors (Lipinski definition) is 1. The average Bonchev–Trinajstić information content (AvgIpc) is 2.70. The van der Waals surface area contributed by atoms with Crippen molar-refractivity contribution in [3.63, 3.8) is 0 Å². The molecule has 1 N–H and O–H groups in total. The van der Waals surface area contributed by atoms with Gasteiger partial charge in [-0.1, -0.05) is 18.5 Å². The highest BCUT2D eigenvalue weighted by molar-refractivity contribution is 7.51. The normalized spacial score (nSPS) is 14.8. The fraction of sp³-hybridized carbons (Fsp3) is 0.700. The molecule has 2 atom stereocenters. The van der Waals surface area contributed by atoms with Gasteiger partial charge >= 0.3 is 7.75 Å². The number of rotatable bonds is 16. The molecule has 0 aliphatic carbocycles. The van der Waals surface area contributed by atoms with Crippen LogP contribution >= 0.6 is 19.3 Å². The molecule has 0 heterocycles. The van der Waals surface area contributed by atoms with Gasteiger partial charge in [-0.3, -0.25) is 9.05 Å². The van der Waals surface area contributed by atoms with Gasteiger partial charge in [-0.05, 0) is 39.0 Å². The first-order valence-electron chi connectivity index (χ1n) is 9.98. The first kappa shape index (κ1) is 27.3. The number of methoxy groups -OCH3 is 2. The third-order valence-electron chi connectivity index (χ3n) is 3.82. The van der Waals surface area contributed by atoms with Crippen LogP contribution in [0.5, 0.6) is 5.75 Å². The summed E-state index contributed by atoms with van der Waals surface area (Å²) < 4.78 is 45.5. The molecule has 10 heteroatoms. The number of hydrogen-bond acceptors (Lipinski definition) is 7.